The van der Waals surface area contributed by atoms with Gasteiger partial charge in [0.15, 0.2) is 0 Å². The lowest BCUT2D eigenvalue weighted by Gasteiger charge is -2.19. The topological polar surface area (TPSA) is 63.6 Å². The summed E-state index contributed by atoms with van der Waals surface area (Å²) in [6.45, 7) is 0. The summed E-state index contributed by atoms with van der Waals surface area (Å²) in [5, 5.41) is 9.08. The predicted octanol–water partition coefficient (Wildman–Crippen LogP) is 6.05. The van der Waals surface area contributed by atoms with Gasteiger partial charge in [-0.25, -0.2) is 9.59 Å². The monoisotopic (exact) mass is 404 g/mol. The summed E-state index contributed by atoms with van der Waals surface area (Å²) in [7, 11) is 0. The molecular weight excluding hydrogens is 380 g/mol. The molecule has 0 bridgehead atoms. The van der Waals surface area contributed by atoms with Gasteiger partial charge in [-0.2, -0.15) is 0 Å². The van der Waals surface area contributed by atoms with E-state index < -0.39 is 5.97 Å². The molecule has 4 nitrogen and oxygen atoms in total. The van der Waals surface area contributed by atoms with Crippen molar-refractivity contribution in [2.45, 2.75) is 69.3 Å². The number of thiophene rings is 2. The zero-order valence-electron chi connectivity index (χ0n) is 15.2. The van der Waals surface area contributed by atoms with Gasteiger partial charge < -0.3 is 9.84 Å². The summed E-state index contributed by atoms with van der Waals surface area (Å²) in [4.78, 5) is 27.1. The van der Waals surface area contributed by atoms with Crippen molar-refractivity contribution in [2.24, 2.45) is 0 Å². The maximum Gasteiger partial charge on any atom is 0.348 e. The fraction of sp³-hybridized carbons (Fsp3) is 0.524. The molecule has 27 heavy (non-hydrogen) atoms. The van der Waals surface area contributed by atoms with Crippen molar-refractivity contribution in [1.29, 1.82) is 0 Å². The molecule has 2 aromatic rings. The molecule has 2 aromatic heterocycles. The molecule has 0 aliphatic heterocycles. The molecule has 2 unspecified atom stereocenters. The van der Waals surface area contributed by atoms with Crippen LogP contribution in [0.25, 0.3) is 0 Å². The van der Waals surface area contributed by atoms with E-state index in [2.05, 4.69) is 6.07 Å². The molecule has 2 saturated carbocycles. The highest BCUT2D eigenvalue weighted by Crippen LogP contribution is 2.40. The molecule has 4 rings (SSSR count). The number of carbonyl (C=O) groups is 2. The van der Waals surface area contributed by atoms with Crippen molar-refractivity contribution in [3.63, 3.8) is 0 Å². The standard InChI is InChI=1S/C21H24O4S2/c22-20(23)18-10-8-17(26-18)14-6-7-15(12-14)25-21(24)19-11-9-16(27-19)13-4-2-1-3-5-13/h8-11,13-15H,1-7,12H2,(H,22,23). The summed E-state index contributed by atoms with van der Waals surface area (Å²) in [5.74, 6) is -0.172. The van der Waals surface area contributed by atoms with E-state index in [1.165, 1.54) is 48.3 Å². The van der Waals surface area contributed by atoms with Gasteiger partial charge in [0.2, 0.25) is 0 Å². The fourth-order valence-corrected chi connectivity index (χ4v) is 6.33. The maximum absolute atomic E-state index is 12.5. The number of carboxylic acid groups (broad SMARTS) is 1. The van der Waals surface area contributed by atoms with Crippen LogP contribution in [0.5, 0.6) is 0 Å². The third kappa shape index (κ3) is 4.27. The zero-order chi connectivity index (χ0) is 18.8. The molecule has 0 radical (unpaired) electrons. The molecule has 2 aliphatic rings. The van der Waals surface area contributed by atoms with Crippen LogP contribution in [0.4, 0.5) is 0 Å². The van der Waals surface area contributed by atoms with Gasteiger partial charge >= 0.3 is 11.9 Å². The first-order valence-corrected chi connectivity index (χ1v) is 11.4. The molecule has 6 heteroatoms. The second kappa shape index (κ2) is 8.15. The first kappa shape index (κ1) is 18.7. The lowest BCUT2D eigenvalue weighted by atomic mass is 9.88. The molecule has 144 valence electrons. The summed E-state index contributed by atoms with van der Waals surface area (Å²) in [5.41, 5.74) is 0. The Kier molecular flexibility index (Phi) is 5.64. The van der Waals surface area contributed by atoms with E-state index in [4.69, 9.17) is 9.84 Å². The minimum Gasteiger partial charge on any atom is -0.477 e. The largest absolute Gasteiger partial charge is 0.477 e. The minimum absolute atomic E-state index is 0.0712. The van der Waals surface area contributed by atoms with Gasteiger partial charge in [0.25, 0.3) is 0 Å². The second-order valence-corrected chi connectivity index (χ2v) is 9.81. The number of esters is 1. The predicted molar refractivity (Wildman–Crippen MR) is 107 cm³/mol. The van der Waals surface area contributed by atoms with Crippen LogP contribution in [0.3, 0.4) is 0 Å². The Morgan fingerprint density at radius 2 is 1.52 bits per heavy atom. The Labute approximate surface area is 167 Å². The Morgan fingerprint density at radius 1 is 0.852 bits per heavy atom. The van der Waals surface area contributed by atoms with Crippen molar-refractivity contribution in [1.82, 2.24) is 0 Å². The number of rotatable bonds is 5. The van der Waals surface area contributed by atoms with Crippen LogP contribution in [-0.4, -0.2) is 23.1 Å². The molecular formula is C21H24O4S2. The molecule has 2 heterocycles. The highest BCUT2D eigenvalue weighted by molar-refractivity contribution is 7.14. The van der Waals surface area contributed by atoms with Crippen molar-refractivity contribution in [3.8, 4) is 0 Å². The van der Waals surface area contributed by atoms with Gasteiger partial charge in [0.05, 0.1) is 0 Å². The number of carboxylic acids is 1. The van der Waals surface area contributed by atoms with E-state index in [9.17, 15) is 9.59 Å². The molecule has 0 aromatic carbocycles. The van der Waals surface area contributed by atoms with Crippen LogP contribution in [-0.2, 0) is 4.74 Å². The van der Waals surface area contributed by atoms with Gasteiger partial charge in [0.1, 0.15) is 15.9 Å². The SMILES string of the molecule is O=C(O)c1ccc(C2CCC(OC(=O)c3ccc(C4CCCCC4)s3)C2)s1. The molecule has 2 fully saturated rings. The number of hydrogen-bond acceptors (Lipinski definition) is 5. The van der Waals surface area contributed by atoms with Crippen LogP contribution in [0.15, 0.2) is 24.3 Å². The van der Waals surface area contributed by atoms with Crippen molar-refractivity contribution in [2.75, 3.05) is 0 Å². The van der Waals surface area contributed by atoms with Crippen LogP contribution in [0.2, 0.25) is 0 Å². The fourth-order valence-electron chi connectivity index (χ4n) is 4.27. The quantitative estimate of drug-likeness (QED) is 0.616. The zero-order valence-corrected chi connectivity index (χ0v) is 16.8. The molecule has 2 atom stereocenters. The molecule has 1 N–H and O–H groups in total. The Morgan fingerprint density at radius 3 is 2.22 bits per heavy atom. The Balaban J connectivity index is 1.33. The summed E-state index contributed by atoms with van der Waals surface area (Å²) in [6.07, 6.45) is 8.88. The van der Waals surface area contributed by atoms with E-state index in [0.717, 1.165) is 24.1 Å². The maximum atomic E-state index is 12.5. The number of ether oxygens (including phenoxy) is 1. The Hall–Kier alpha value is -1.66. The van der Waals surface area contributed by atoms with Crippen LogP contribution in [0.1, 0.15) is 92.3 Å². The van der Waals surface area contributed by atoms with Gasteiger partial charge in [0, 0.05) is 9.75 Å². The lowest BCUT2D eigenvalue weighted by molar-refractivity contribution is 0.0320. The second-order valence-electron chi connectivity index (χ2n) is 7.58. The summed E-state index contributed by atoms with van der Waals surface area (Å²) in [6, 6.07) is 7.59. The highest BCUT2D eigenvalue weighted by Gasteiger charge is 2.30. The van der Waals surface area contributed by atoms with Gasteiger partial charge in [-0.05, 0) is 68.2 Å². The summed E-state index contributed by atoms with van der Waals surface area (Å²) < 4.78 is 5.76. The van der Waals surface area contributed by atoms with Crippen LogP contribution < -0.4 is 0 Å². The lowest BCUT2D eigenvalue weighted by Crippen LogP contribution is -2.14. The van der Waals surface area contributed by atoms with E-state index in [1.807, 2.05) is 12.1 Å². The first-order chi connectivity index (χ1) is 13.1. The van der Waals surface area contributed by atoms with Crippen molar-refractivity contribution >= 4 is 34.6 Å². The van der Waals surface area contributed by atoms with E-state index >= 15 is 0 Å². The van der Waals surface area contributed by atoms with Crippen molar-refractivity contribution < 1.29 is 19.4 Å². The van der Waals surface area contributed by atoms with E-state index in [-0.39, 0.29) is 12.1 Å². The number of carbonyl (C=O) groups excluding carboxylic acids is 1. The summed E-state index contributed by atoms with van der Waals surface area (Å²) >= 11 is 2.93. The molecule has 0 spiro atoms. The number of aromatic carboxylic acids is 1. The average molecular weight is 405 g/mol. The Bertz CT molecular complexity index is 816. The van der Waals surface area contributed by atoms with E-state index in [0.29, 0.717) is 21.6 Å². The van der Waals surface area contributed by atoms with Crippen molar-refractivity contribution in [3.05, 3.63) is 43.8 Å². The third-order valence-electron chi connectivity index (χ3n) is 5.73. The van der Waals surface area contributed by atoms with Gasteiger partial charge in [-0.1, -0.05) is 19.3 Å². The molecule has 2 aliphatic carbocycles. The van der Waals surface area contributed by atoms with Crippen LogP contribution >= 0.6 is 22.7 Å². The van der Waals surface area contributed by atoms with Crippen LogP contribution in [0, 0.1) is 0 Å². The minimum atomic E-state index is -0.876. The molecule has 0 saturated heterocycles. The third-order valence-corrected chi connectivity index (χ3v) is 8.20. The average Bonchev–Trinajstić information content (AvgIpc) is 3.42. The molecule has 0 amide bonds. The first-order valence-electron chi connectivity index (χ1n) is 9.74. The normalized spacial score (nSPS) is 23.4. The van der Waals surface area contributed by atoms with Gasteiger partial charge in [-0.3, -0.25) is 0 Å². The highest BCUT2D eigenvalue weighted by atomic mass is 32.1. The van der Waals surface area contributed by atoms with E-state index in [1.54, 1.807) is 17.4 Å². The number of hydrogen-bond donors (Lipinski definition) is 1. The van der Waals surface area contributed by atoms with Gasteiger partial charge in [-0.15, -0.1) is 22.7 Å². The smallest absolute Gasteiger partial charge is 0.348 e.